The molecule has 0 bridgehead atoms. The van der Waals surface area contributed by atoms with Gasteiger partial charge in [-0.1, -0.05) is 30.3 Å². The molecule has 1 unspecified atom stereocenters. The summed E-state index contributed by atoms with van der Waals surface area (Å²) in [7, 11) is 0. The molecule has 0 aliphatic carbocycles. The van der Waals surface area contributed by atoms with Crippen molar-refractivity contribution in [2.45, 2.75) is 39.0 Å². The SMILES string of the molecule is CC(NCc1cccc(OCc2ccccn2)c1)c1ccc(N2CCCC2=O)cc1. The Labute approximate surface area is 177 Å². The fourth-order valence-electron chi connectivity index (χ4n) is 3.64. The molecule has 3 aromatic rings. The number of hydrogen-bond acceptors (Lipinski definition) is 4. The number of benzene rings is 2. The molecule has 1 fully saturated rings. The largest absolute Gasteiger partial charge is 0.487 e. The minimum atomic E-state index is 0.200. The molecule has 5 nitrogen and oxygen atoms in total. The van der Waals surface area contributed by atoms with Crippen molar-refractivity contribution in [2.75, 3.05) is 11.4 Å². The Morgan fingerprint density at radius 3 is 2.70 bits per heavy atom. The van der Waals surface area contributed by atoms with E-state index in [0.717, 1.165) is 36.6 Å². The lowest BCUT2D eigenvalue weighted by molar-refractivity contribution is -0.117. The molecule has 0 saturated carbocycles. The Morgan fingerprint density at radius 2 is 1.97 bits per heavy atom. The summed E-state index contributed by atoms with van der Waals surface area (Å²) >= 11 is 0. The van der Waals surface area contributed by atoms with Crippen molar-refractivity contribution in [3.8, 4) is 5.75 Å². The molecular formula is C25H27N3O2. The van der Waals surface area contributed by atoms with Crippen molar-refractivity contribution < 1.29 is 9.53 Å². The summed E-state index contributed by atoms with van der Waals surface area (Å²) in [5, 5.41) is 3.57. The van der Waals surface area contributed by atoms with Gasteiger partial charge in [-0.2, -0.15) is 0 Å². The predicted molar refractivity (Wildman–Crippen MR) is 118 cm³/mol. The summed E-state index contributed by atoms with van der Waals surface area (Å²) in [5.41, 5.74) is 4.27. The van der Waals surface area contributed by atoms with Gasteiger partial charge in [0.05, 0.1) is 5.69 Å². The number of pyridine rings is 1. The van der Waals surface area contributed by atoms with Crippen LogP contribution < -0.4 is 15.0 Å². The van der Waals surface area contributed by atoms with Gasteiger partial charge in [0, 0.05) is 37.4 Å². The van der Waals surface area contributed by atoms with E-state index in [9.17, 15) is 4.79 Å². The van der Waals surface area contributed by atoms with Gasteiger partial charge in [0.25, 0.3) is 0 Å². The molecule has 1 saturated heterocycles. The number of anilines is 1. The van der Waals surface area contributed by atoms with Crippen LogP contribution in [0, 0.1) is 0 Å². The van der Waals surface area contributed by atoms with Gasteiger partial charge in [0.1, 0.15) is 12.4 Å². The van der Waals surface area contributed by atoms with Crippen LogP contribution in [0.5, 0.6) is 5.75 Å². The standard InChI is InChI=1S/C25H27N3O2/c1-19(21-10-12-23(13-11-21)28-15-5-9-25(28)29)27-17-20-6-4-8-24(16-20)30-18-22-7-2-3-14-26-22/h2-4,6-8,10-14,16,19,27H,5,9,15,17-18H2,1H3. The van der Waals surface area contributed by atoms with Gasteiger partial charge < -0.3 is 15.0 Å². The summed E-state index contributed by atoms with van der Waals surface area (Å²) in [4.78, 5) is 18.1. The Hall–Kier alpha value is -3.18. The highest BCUT2D eigenvalue weighted by Gasteiger charge is 2.21. The molecule has 154 valence electrons. The number of hydrogen-bond donors (Lipinski definition) is 1. The normalized spacial score (nSPS) is 14.7. The molecule has 0 radical (unpaired) electrons. The smallest absolute Gasteiger partial charge is 0.227 e. The average Bonchev–Trinajstić information content (AvgIpc) is 3.23. The molecule has 2 heterocycles. The first-order valence-electron chi connectivity index (χ1n) is 10.4. The average molecular weight is 402 g/mol. The number of nitrogens with one attached hydrogen (secondary N) is 1. The third kappa shape index (κ3) is 5.05. The van der Waals surface area contributed by atoms with Crippen LogP contribution in [0.4, 0.5) is 5.69 Å². The zero-order valence-corrected chi connectivity index (χ0v) is 17.3. The van der Waals surface area contributed by atoms with Crippen LogP contribution in [0.1, 0.15) is 42.6 Å². The second-order valence-electron chi connectivity index (χ2n) is 7.60. The van der Waals surface area contributed by atoms with Crippen molar-refractivity contribution in [2.24, 2.45) is 0 Å². The molecule has 1 N–H and O–H groups in total. The van der Waals surface area contributed by atoms with E-state index in [2.05, 4.69) is 41.5 Å². The monoisotopic (exact) mass is 401 g/mol. The molecule has 30 heavy (non-hydrogen) atoms. The Kier molecular flexibility index (Phi) is 6.40. The topological polar surface area (TPSA) is 54.5 Å². The quantitative estimate of drug-likeness (QED) is 0.598. The van der Waals surface area contributed by atoms with Gasteiger partial charge in [0.15, 0.2) is 0 Å². The maximum Gasteiger partial charge on any atom is 0.227 e. The van der Waals surface area contributed by atoms with Crippen molar-refractivity contribution in [1.29, 1.82) is 0 Å². The van der Waals surface area contributed by atoms with E-state index in [1.54, 1.807) is 6.20 Å². The van der Waals surface area contributed by atoms with E-state index in [0.29, 0.717) is 13.0 Å². The molecule has 1 aromatic heterocycles. The molecule has 1 aliphatic heterocycles. The molecule has 5 heteroatoms. The van der Waals surface area contributed by atoms with Gasteiger partial charge in [-0.15, -0.1) is 0 Å². The lowest BCUT2D eigenvalue weighted by Crippen LogP contribution is -2.23. The van der Waals surface area contributed by atoms with Crippen LogP contribution in [0.15, 0.2) is 72.9 Å². The number of ether oxygens (including phenoxy) is 1. The summed E-state index contributed by atoms with van der Waals surface area (Å²) < 4.78 is 5.87. The molecule has 1 atom stereocenters. The Balaban J connectivity index is 1.31. The third-order valence-electron chi connectivity index (χ3n) is 5.40. The van der Waals surface area contributed by atoms with Crippen LogP contribution >= 0.6 is 0 Å². The van der Waals surface area contributed by atoms with Gasteiger partial charge in [0.2, 0.25) is 5.91 Å². The highest BCUT2D eigenvalue weighted by Crippen LogP contribution is 2.24. The maximum absolute atomic E-state index is 11.9. The number of amides is 1. The number of nitrogens with zero attached hydrogens (tertiary/aromatic N) is 2. The molecule has 1 aliphatic rings. The molecule has 4 rings (SSSR count). The summed E-state index contributed by atoms with van der Waals surface area (Å²) in [6.45, 7) is 4.18. The Morgan fingerprint density at radius 1 is 1.10 bits per heavy atom. The van der Waals surface area contributed by atoms with E-state index in [4.69, 9.17) is 4.74 Å². The van der Waals surface area contributed by atoms with Crippen LogP contribution in [0.2, 0.25) is 0 Å². The first-order chi connectivity index (χ1) is 14.7. The molecular weight excluding hydrogens is 374 g/mol. The summed E-state index contributed by atoms with van der Waals surface area (Å²) in [5.74, 6) is 1.06. The van der Waals surface area contributed by atoms with Crippen LogP contribution in [-0.4, -0.2) is 17.4 Å². The first-order valence-corrected chi connectivity index (χ1v) is 10.4. The zero-order valence-electron chi connectivity index (χ0n) is 17.3. The van der Waals surface area contributed by atoms with Crippen molar-refractivity contribution >= 4 is 11.6 Å². The highest BCUT2D eigenvalue weighted by molar-refractivity contribution is 5.95. The molecule has 1 amide bonds. The number of rotatable bonds is 8. The lowest BCUT2D eigenvalue weighted by Gasteiger charge is -2.18. The van der Waals surface area contributed by atoms with Gasteiger partial charge in [-0.3, -0.25) is 9.78 Å². The number of carbonyl (C=O) groups excluding carboxylic acids is 1. The van der Waals surface area contributed by atoms with Crippen molar-refractivity contribution in [1.82, 2.24) is 10.3 Å². The van der Waals surface area contributed by atoms with Gasteiger partial charge >= 0.3 is 0 Å². The van der Waals surface area contributed by atoms with Crippen molar-refractivity contribution in [3.63, 3.8) is 0 Å². The summed E-state index contributed by atoms with van der Waals surface area (Å²) in [6.07, 6.45) is 3.38. The highest BCUT2D eigenvalue weighted by atomic mass is 16.5. The second-order valence-corrected chi connectivity index (χ2v) is 7.60. The van der Waals surface area contributed by atoms with Crippen LogP contribution in [-0.2, 0) is 17.9 Å². The van der Waals surface area contributed by atoms with Crippen LogP contribution in [0.25, 0.3) is 0 Å². The fourth-order valence-corrected chi connectivity index (χ4v) is 3.64. The summed E-state index contributed by atoms with van der Waals surface area (Å²) in [6, 6.07) is 22.4. The van der Waals surface area contributed by atoms with Crippen LogP contribution in [0.3, 0.4) is 0 Å². The molecule has 0 spiro atoms. The van der Waals surface area contributed by atoms with E-state index >= 15 is 0 Å². The van der Waals surface area contributed by atoms with Gasteiger partial charge in [-0.25, -0.2) is 0 Å². The second kappa shape index (κ2) is 9.55. The predicted octanol–water partition coefficient (Wildman–Crippen LogP) is 4.64. The van der Waals surface area contributed by atoms with Gasteiger partial charge in [-0.05, 0) is 60.9 Å². The van der Waals surface area contributed by atoms with Crippen molar-refractivity contribution in [3.05, 3.63) is 89.7 Å². The maximum atomic E-state index is 11.9. The zero-order chi connectivity index (χ0) is 20.8. The fraction of sp³-hybridized carbons (Fsp3) is 0.280. The van der Waals surface area contributed by atoms with E-state index in [-0.39, 0.29) is 11.9 Å². The first kappa shape index (κ1) is 20.1. The minimum absolute atomic E-state index is 0.200. The minimum Gasteiger partial charge on any atom is -0.487 e. The Bertz CT molecular complexity index is 973. The third-order valence-corrected chi connectivity index (χ3v) is 5.40. The number of carbonyl (C=O) groups is 1. The van der Waals surface area contributed by atoms with E-state index in [1.807, 2.05) is 47.4 Å². The van der Waals surface area contributed by atoms with E-state index < -0.39 is 0 Å². The number of aromatic nitrogens is 1. The van der Waals surface area contributed by atoms with E-state index in [1.165, 1.54) is 11.1 Å². The lowest BCUT2D eigenvalue weighted by atomic mass is 10.1. The molecule has 2 aromatic carbocycles.